The zero-order valence-electron chi connectivity index (χ0n) is 12.2. The second-order valence-electron chi connectivity index (χ2n) is 5.16. The number of nitrogens with one attached hydrogen (secondary N) is 1. The van der Waals surface area contributed by atoms with Crippen molar-refractivity contribution in [2.75, 3.05) is 6.54 Å². The number of carbonyl (C=O) groups excluding carboxylic acids is 2. The Morgan fingerprint density at radius 3 is 2.71 bits per heavy atom. The van der Waals surface area contributed by atoms with E-state index < -0.39 is 6.04 Å². The fourth-order valence-electron chi connectivity index (χ4n) is 2.64. The topological polar surface area (TPSA) is 49.4 Å². The summed E-state index contributed by atoms with van der Waals surface area (Å²) < 4.78 is 0. The van der Waals surface area contributed by atoms with Gasteiger partial charge in [-0.15, -0.1) is 12.3 Å². The number of carbonyl (C=O) groups is 2. The lowest BCUT2D eigenvalue weighted by molar-refractivity contribution is -0.135. The highest BCUT2D eigenvalue weighted by atomic mass is 16.2. The van der Waals surface area contributed by atoms with Crippen LogP contribution in [-0.4, -0.2) is 29.3 Å². The van der Waals surface area contributed by atoms with Crippen LogP contribution in [0, 0.1) is 12.3 Å². The maximum absolute atomic E-state index is 12.8. The highest BCUT2D eigenvalue weighted by Crippen LogP contribution is 2.22. The molecule has 0 aliphatic carbocycles. The number of hydrogen-bond donors (Lipinski definition) is 1. The van der Waals surface area contributed by atoms with Crippen molar-refractivity contribution in [3.8, 4) is 12.3 Å². The Kier molecular flexibility index (Phi) is 4.99. The summed E-state index contributed by atoms with van der Waals surface area (Å²) in [5.74, 6) is 2.45. The second kappa shape index (κ2) is 6.94. The predicted octanol–water partition coefficient (Wildman–Crippen LogP) is 1.88. The van der Waals surface area contributed by atoms with Crippen molar-refractivity contribution >= 4 is 11.8 Å². The van der Waals surface area contributed by atoms with Crippen molar-refractivity contribution in [2.24, 2.45) is 0 Å². The van der Waals surface area contributed by atoms with Crippen molar-refractivity contribution < 1.29 is 9.59 Å². The highest BCUT2D eigenvalue weighted by molar-refractivity contribution is 5.91. The SMILES string of the molecule is C#CCC(CC)N1CCC(=O)NC(c2ccccc2)C1=O. The molecule has 0 radical (unpaired) electrons. The first-order valence-corrected chi connectivity index (χ1v) is 7.25. The number of benzene rings is 1. The Morgan fingerprint density at radius 2 is 2.10 bits per heavy atom. The Morgan fingerprint density at radius 1 is 1.38 bits per heavy atom. The fourth-order valence-corrected chi connectivity index (χ4v) is 2.64. The fraction of sp³-hybridized carbons (Fsp3) is 0.412. The van der Waals surface area contributed by atoms with E-state index >= 15 is 0 Å². The minimum Gasteiger partial charge on any atom is -0.340 e. The van der Waals surface area contributed by atoms with Gasteiger partial charge in [0.15, 0.2) is 0 Å². The van der Waals surface area contributed by atoms with Crippen LogP contribution in [-0.2, 0) is 9.59 Å². The third-order valence-electron chi connectivity index (χ3n) is 3.81. The van der Waals surface area contributed by atoms with Gasteiger partial charge in [0.05, 0.1) is 0 Å². The van der Waals surface area contributed by atoms with Gasteiger partial charge in [-0.05, 0) is 12.0 Å². The van der Waals surface area contributed by atoms with E-state index in [2.05, 4.69) is 11.2 Å². The number of rotatable bonds is 4. The molecule has 110 valence electrons. The van der Waals surface area contributed by atoms with Gasteiger partial charge in [0, 0.05) is 25.4 Å². The van der Waals surface area contributed by atoms with E-state index in [-0.39, 0.29) is 17.9 Å². The zero-order chi connectivity index (χ0) is 15.2. The van der Waals surface area contributed by atoms with Gasteiger partial charge in [-0.25, -0.2) is 0 Å². The van der Waals surface area contributed by atoms with Crippen LogP contribution in [0.5, 0.6) is 0 Å². The average molecular weight is 284 g/mol. The van der Waals surface area contributed by atoms with Crippen LogP contribution >= 0.6 is 0 Å². The summed E-state index contributed by atoms with van der Waals surface area (Å²) in [6.07, 6.45) is 7.01. The molecule has 21 heavy (non-hydrogen) atoms. The molecule has 4 heteroatoms. The Bertz CT molecular complexity index is 548. The molecule has 1 aromatic rings. The second-order valence-corrected chi connectivity index (χ2v) is 5.16. The molecule has 2 atom stereocenters. The highest BCUT2D eigenvalue weighted by Gasteiger charge is 2.33. The molecule has 2 amide bonds. The predicted molar refractivity (Wildman–Crippen MR) is 81.2 cm³/mol. The number of amides is 2. The van der Waals surface area contributed by atoms with Crippen LogP contribution < -0.4 is 5.32 Å². The molecular formula is C17H20N2O2. The van der Waals surface area contributed by atoms with Gasteiger partial charge in [0.1, 0.15) is 6.04 Å². The smallest absolute Gasteiger partial charge is 0.250 e. The van der Waals surface area contributed by atoms with Crippen molar-refractivity contribution in [3.63, 3.8) is 0 Å². The van der Waals surface area contributed by atoms with Crippen LogP contribution in [0.25, 0.3) is 0 Å². The van der Waals surface area contributed by atoms with Gasteiger partial charge in [-0.3, -0.25) is 9.59 Å². The van der Waals surface area contributed by atoms with Crippen molar-refractivity contribution in [1.82, 2.24) is 10.2 Å². The molecular weight excluding hydrogens is 264 g/mol. The lowest BCUT2D eigenvalue weighted by atomic mass is 10.0. The molecule has 1 aliphatic rings. The quantitative estimate of drug-likeness (QED) is 0.858. The number of hydrogen-bond acceptors (Lipinski definition) is 2. The van der Waals surface area contributed by atoms with E-state index in [0.717, 1.165) is 12.0 Å². The first-order valence-electron chi connectivity index (χ1n) is 7.25. The molecule has 0 bridgehead atoms. The van der Waals surface area contributed by atoms with Crippen molar-refractivity contribution in [3.05, 3.63) is 35.9 Å². The molecule has 1 heterocycles. The lowest BCUT2D eigenvalue weighted by Gasteiger charge is -2.30. The van der Waals surface area contributed by atoms with Gasteiger partial charge in [-0.2, -0.15) is 0 Å². The summed E-state index contributed by atoms with van der Waals surface area (Å²) in [7, 11) is 0. The van der Waals surface area contributed by atoms with E-state index in [9.17, 15) is 9.59 Å². The van der Waals surface area contributed by atoms with Crippen LogP contribution in [0.15, 0.2) is 30.3 Å². The van der Waals surface area contributed by atoms with E-state index in [0.29, 0.717) is 19.4 Å². The molecule has 0 spiro atoms. The normalized spacial score (nSPS) is 20.4. The molecule has 1 N–H and O–H groups in total. The molecule has 1 aliphatic heterocycles. The molecule has 0 saturated carbocycles. The lowest BCUT2D eigenvalue weighted by Crippen LogP contribution is -2.44. The average Bonchev–Trinajstić information content (AvgIpc) is 2.65. The van der Waals surface area contributed by atoms with Gasteiger partial charge < -0.3 is 10.2 Å². The molecule has 1 saturated heterocycles. The minimum absolute atomic E-state index is 0.0126. The van der Waals surface area contributed by atoms with Crippen LogP contribution in [0.4, 0.5) is 0 Å². The molecule has 1 fully saturated rings. The maximum atomic E-state index is 12.8. The summed E-state index contributed by atoms with van der Waals surface area (Å²) in [4.78, 5) is 26.5. The van der Waals surface area contributed by atoms with Gasteiger partial charge >= 0.3 is 0 Å². The number of terminal acetylenes is 1. The van der Waals surface area contributed by atoms with E-state index in [1.165, 1.54) is 0 Å². The zero-order valence-corrected chi connectivity index (χ0v) is 12.2. The van der Waals surface area contributed by atoms with Gasteiger partial charge in [0.2, 0.25) is 11.8 Å². The Hall–Kier alpha value is -2.28. The maximum Gasteiger partial charge on any atom is 0.250 e. The van der Waals surface area contributed by atoms with E-state index in [1.807, 2.05) is 37.3 Å². The van der Waals surface area contributed by atoms with Crippen molar-refractivity contribution in [2.45, 2.75) is 38.3 Å². The third kappa shape index (κ3) is 3.43. The first kappa shape index (κ1) is 15.1. The molecule has 4 nitrogen and oxygen atoms in total. The molecule has 1 aromatic carbocycles. The molecule has 2 rings (SSSR count). The molecule has 2 unspecified atom stereocenters. The summed E-state index contributed by atoms with van der Waals surface area (Å²) in [5, 5.41) is 2.81. The Labute approximate surface area is 125 Å². The van der Waals surface area contributed by atoms with E-state index in [4.69, 9.17) is 6.42 Å². The van der Waals surface area contributed by atoms with Gasteiger partial charge in [0.25, 0.3) is 0 Å². The van der Waals surface area contributed by atoms with Crippen LogP contribution in [0.2, 0.25) is 0 Å². The van der Waals surface area contributed by atoms with Crippen LogP contribution in [0.1, 0.15) is 37.8 Å². The van der Waals surface area contributed by atoms with Gasteiger partial charge in [-0.1, -0.05) is 37.3 Å². The summed E-state index contributed by atoms with van der Waals surface area (Å²) in [6.45, 7) is 2.43. The minimum atomic E-state index is -0.618. The van der Waals surface area contributed by atoms with E-state index in [1.54, 1.807) is 4.90 Å². The third-order valence-corrected chi connectivity index (χ3v) is 3.81. The standard InChI is InChI=1S/C17H20N2O2/c1-3-8-14(4-2)19-12-11-15(20)18-16(17(19)21)13-9-6-5-7-10-13/h1,5-7,9-10,14,16H,4,8,11-12H2,2H3,(H,18,20). The first-order chi connectivity index (χ1) is 10.2. The monoisotopic (exact) mass is 284 g/mol. The number of nitrogens with zero attached hydrogens (tertiary/aromatic N) is 1. The summed E-state index contributed by atoms with van der Waals surface area (Å²) >= 11 is 0. The largest absolute Gasteiger partial charge is 0.340 e. The Balaban J connectivity index is 2.30. The molecule has 0 aromatic heterocycles. The summed E-state index contributed by atoms with van der Waals surface area (Å²) in [6, 6.07) is 8.70. The van der Waals surface area contributed by atoms with Crippen molar-refractivity contribution in [1.29, 1.82) is 0 Å². The summed E-state index contributed by atoms with van der Waals surface area (Å²) in [5.41, 5.74) is 0.804. The van der Waals surface area contributed by atoms with Crippen LogP contribution in [0.3, 0.4) is 0 Å².